The lowest BCUT2D eigenvalue weighted by Gasteiger charge is -2.01. The van der Waals surface area contributed by atoms with Gasteiger partial charge < -0.3 is 0 Å². The minimum Gasteiger partial charge on any atom is -0.273 e. The number of hydrazone groups is 2. The molecular formula is C18H16Cl2N4O2. The summed E-state index contributed by atoms with van der Waals surface area (Å²) >= 11 is 11.9. The predicted molar refractivity (Wildman–Crippen MR) is 104 cm³/mol. The molecule has 0 fully saturated rings. The summed E-state index contributed by atoms with van der Waals surface area (Å²) in [7, 11) is 0. The third-order valence-electron chi connectivity index (χ3n) is 3.18. The molecule has 8 heteroatoms. The number of benzene rings is 2. The zero-order valence-corrected chi connectivity index (χ0v) is 15.2. The van der Waals surface area contributed by atoms with Gasteiger partial charge in [-0.15, -0.1) is 0 Å². The smallest absolute Gasteiger partial charge is 0.240 e. The summed E-state index contributed by atoms with van der Waals surface area (Å²) in [6.45, 7) is 0. The van der Waals surface area contributed by atoms with Crippen molar-refractivity contribution in [1.82, 2.24) is 10.9 Å². The number of carbonyl (C=O) groups is 2. The molecule has 0 aliphatic rings. The van der Waals surface area contributed by atoms with Gasteiger partial charge in [0.2, 0.25) is 11.8 Å². The Morgan fingerprint density at radius 3 is 1.54 bits per heavy atom. The van der Waals surface area contributed by atoms with Gasteiger partial charge in [-0.3, -0.25) is 9.59 Å². The second kappa shape index (κ2) is 10.3. The van der Waals surface area contributed by atoms with Gasteiger partial charge in [0, 0.05) is 34.0 Å². The van der Waals surface area contributed by atoms with Crippen LogP contribution in [0.15, 0.2) is 58.7 Å². The minimum absolute atomic E-state index is 0.0205. The topological polar surface area (TPSA) is 82.9 Å². The van der Waals surface area contributed by atoms with Gasteiger partial charge in [0.25, 0.3) is 0 Å². The second-order valence-electron chi connectivity index (χ2n) is 5.13. The molecule has 2 amide bonds. The number of hydrogen-bond donors (Lipinski definition) is 2. The highest BCUT2D eigenvalue weighted by atomic mass is 35.5. The van der Waals surface area contributed by atoms with Gasteiger partial charge >= 0.3 is 0 Å². The van der Waals surface area contributed by atoms with Crippen molar-refractivity contribution in [3.8, 4) is 0 Å². The lowest BCUT2D eigenvalue weighted by Crippen LogP contribution is -2.22. The molecule has 0 unspecified atom stereocenters. The number of nitrogens with zero attached hydrogens (tertiary/aromatic N) is 2. The first-order valence-electron chi connectivity index (χ1n) is 7.69. The molecule has 0 saturated heterocycles. The third-order valence-corrected chi connectivity index (χ3v) is 3.86. The lowest BCUT2D eigenvalue weighted by atomic mass is 10.2. The first-order chi connectivity index (χ1) is 12.6. The van der Waals surface area contributed by atoms with Crippen molar-refractivity contribution in [2.24, 2.45) is 10.2 Å². The largest absolute Gasteiger partial charge is 0.273 e. The molecule has 0 aliphatic carbocycles. The highest BCUT2D eigenvalue weighted by molar-refractivity contribution is 6.33. The zero-order valence-electron chi connectivity index (χ0n) is 13.7. The van der Waals surface area contributed by atoms with Crippen LogP contribution in [-0.2, 0) is 9.59 Å². The molecule has 0 saturated carbocycles. The number of halogens is 2. The van der Waals surface area contributed by atoms with Crippen LogP contribution < -0.4 is 10.9 Å². The number of amides is 2. The molecule has 0 aliphatic heterocycles. The summed E-state index contributed by atoms with van der Waals surface area (Å²) in [6.07, 6.45) is 2.84. The fourth-order valence-corrected chi connectivity index (χ4v) is 2.22. The van der Waals surface area contributed by atoms with Crippen molar-refractivity contribution in [3.63, 3.8) is 0 Å². The molecule has 6 nitrogen and oxygen atoms in total. The number of nitrogens with one attached hydrogen (secondary N) is 2. The summed E-state index contributed by atoms with van der Waals surface area (Å²) in [5, 5.41) is 8.67. The Balaban J connectivity index is 1.71. The van der Waals surface area contributed by atoms with Gasteiger partial charge in [-0.05, 0) is 12.1 Å². The van der Waals surface area contributed by atoms with Gasteiger partial charge in [0.15, 0.2) is 0 Å². The molecule has 0 spiro atoms. The van der Waals surface area contributed by atoms with Crippen LogP contribution in [0.4, 0.5) is 0 Å². The van der Waals surface area contributed by atoms with E-state index < -0.39 is 11.8 Å². The van der Waals surface area contributed by atoms with Crippen LogP contribution in [-0.4, -0.2) is 24.2 Å². The van der Waals surface area contributed by atoms with Gasteiger partial charge in [0.1, 0.15) is 0 Å². The molecule has 0 heterocycles. The van der Waals surface area contributed by atoms with E-state index in [1.807, 2.05) is 12.1 Å². The van der Waals surface area contributed by atoms with E-state index in [-0.39, 0.29) is 12.8 Å². The third kappa shape index (κ3) is 6.66. The number of rotatable bonds is 7. The van der Waals surface area contributed by atoms with E-state index in [2.05, 4.69) is 21.1 Å². The first-order valence-corrected chi connectivity index (χ1v) is 8.44. The zero-order chi connectivity index (χ0) is 18.8. The van der Waals surface area contributed by atoms with E-state index in [1.54, 1.807) is 36.4 Å². The Morgan fingerprint density at radius 2 is 1.15 bits per heavy atom. The molecule has 2 aromatic rings. The first kappa shape index (κ1) is 19.6. The van der Waals surface area contributed by atoms with Crippen molar-refractivity contribution in [2.75, 3.05) is 0 Å². The van der Waals surface area contributed by atoms with Crippen molar-refractivity contribution >= 4 is 47.4 Å². The van der Waals surface area contributed by atoms with Crippen LogP contribution in [0, 0.1) is 0 Å². The average Bonchev–Trinajstić information content (AvgIpc) is 2.63. The van der Waals surface area contributed by atoms with Gasteiger partial charge in [-0.2, -0.15) is 10.2 Å². The molecule has 0 aromatic heterocycles. The molecule has 0 bridgehead atoms. The molecular weight excluding hydrogens is 375 g/mol. The molecule has 26 heavy (non-hydrogen) atoms. The molecule has 0 atom stereocenters. The van der Waals surface area contributed by atoms with Crippen LogP contribution in [0.5, 0.6) is 0 Å². The van der Waals surface area contributed by atoms with Crippen LogP contribution in [0.2, 0.25) is 10.0 Å². The summed E-state index contributed by atoms with van der Waals surface area (Å²) in [4.78, 5) is 23.3. The maximum Gasteiger partial charge on any atom is 0.240 e. The molecule has 2 rings (SSSR count). The maximum atomic E-state index is 11.7. The van der Waals surface area contributed by atoms with Crippen molar-refractivity contribution in [2.45, 2.75) is 12.8 Å². The standard InChI is InChI=1S/C18H16Cl2N4O2/c19-15-7-3-1-5-13(15)11-21-23-17(25)9-10-18(26)24-22-12-14-6-2-4-8-16(14)20/h1-8,11-12H,9-10H2,(H,23,25)(H,24,26)/b21-11-,22-12+. The SMILES string of the molecule is O=C(CCC(=O)N/N=C/c1ccccc1Cl)N/N=C\c1ccccc1Cl. The molecule has 134 valence electrons. The van der Waals surface area contributed by atoms with Gasteiger partial charge in [-0.25, -0.2) is 10.9 Å². The normalized spacial score (nSPS) is 11.0. The summed E-state index contributed by atoms with van der Waals surface area (Å²) < 4.78 is 0. The maximum absolute atomic E-state index is 11.7. The Labute approximate surface area is 160 Å². The highest BCUT2D eigenvalue weighted by Gasteiger charge is 2.05. The summed E-state index contributed by atoms with van der Waals surface area (Å²) in [5.74, 6) is -0.780. The van der Waals surface area contributed by atoms with Crippen molar-refractivity contribution in [1.29, 1.82) is 0 Å². The fourth-order valence-electron chi connectivity index (χ4n) is 1.85. The van der Waals surface area contributed by atoms with Gasteiger partial charge in [0.05, 0.1) is 12.4 Å². The monoisotopic (exact) mass is 390 g/mol. The minimum atomic E-state index is -0.390. The number of carbonyl (C=O) groups excluding carboxylic acids is 2. The van der Waals surface area contributed by atoms with E-state index in [0.29, 0.717) is 21.2 Å². The Morgan fingerprint density at radius 1 is 0.769 bits per heavy atom. The van der Waals surface area contributed by atoms with Crippen LogP contribution in [0.25, 0.3) is 0 Å². The van der Waals surface area contributed by atoms with Crippen LogP contribution >= 0.6 is 23.2 Å². The van der Waals surface area contributed by atoms with Crippen molar-refractivity contribution < 1.29 is 9.59 Å². The predicted octanol–water partition coefficient (Wildman–Crippen LogP) is 3.37. The molecule has 2 N–H and O–H groups in total. The second-order valence-corrected chi connectivity index (χ2v) is 5.94. The van der Waals surface area contributed by atoms with Crippen molar-refractivity contribution in [3.05, 3.63) is 69.7 Å². The highest BCUT2D eigenvalue weighted by Crippen LogP contribution is 2.12. The van der Waals surface area contributed by atoms with E-state index >= 15 is 0 Å². The van der Waals surface area contributed by atoms with Crippen LogP contribution in [0.3, 0.4) is 0 Å². The van der Waals surface area contributed by atoms with E-state index in [4.69, 9.17) is 23.2 Å². The molecule has 2 aromatic carbocycles. The Bertz CT molecular complexity index is 768. The van der Waals surface area contributed by atoms with Gasteiger partial charge in [-0.1, -0.05) is 59.6 Å². The quantitative estimate of drug-likeness (QED) is 0.560. The number of hydrogen-bond acceptors (Lipinski definition) is 4. The van der Waals surface area contributed by atoms with Crippen LogP contribution in [0.1, 0.15) is 24.0 Å². The Kier molecular flexibility index (Phi) is 7.79. The Hall–Kier alpha value is -2.70. The van der Waals surface area contributed by atoms with E-state index in [1.165, 1.54) is 12.4 Å². The lowest BCUT2D eigenvalue weighted by molar-refractivity contribution is -0.126. The summed E-state index contributed by atoms with van der Waals surface area (Å²) in [6, 6.07) is 14.2. The van der Waals surface area contributed by atoms with E-state index in [0.717, 1.165) is 0 Å². The average molecular weight is 391 g/mol. The van der Waals surface area contributed by atoms with E-state index in [9.17, 15) is 9.59 Å². The summed E-state index contributed by atoms with van der Waals surface area (Å²) in [5.41, 5.74) is 6.04. The molecule has 0 radical (unpaired) electrons. The fraction of sp³-hybridized carbons (Fsp3) is 0.111.